The molecule has 1 N–H and O–H groups in total. The number of carbonyl (C=O) groups excluding carboxylic acids is 3. The highest BCUT2D eigenvalue weighted by Crippen LogP contribution is 2.50. The van der Waals surface area contributed by atoms with Crippen LogP contribution in [0, 0.1) is 22.0 Å². The molecule has 4 aliphatic rings. The molecule has 0 aliphatic carbocycles. The Balaban J connectivity index is 1.27. The fraction of sp³-hybridized carbons (Fsp3) is 0.207. The molecule has 4 aliphatic heterocycles. The topological polar surface area (TPSA) is 131 Å². The second-order valence-corrected chi connectivity index (χ2v) is 9.95. The second kappa shape index (κ2) is 8.94. The predicted octanol–water partition coefficient (Wildman–Crippen LogP) is 3.39. The summed E-state index contributed by atoms with van der Waals surface area (Å²) in [6.45, 7) is 0.769. The summed E-state index contributed by atoms with van der Waals surface area (Å²) in [6, 6.07) is 16.4. The summed E-state index contributed by atoms with van der Waals surface area (Å²) in [6.07, 6.45) is 3.78. The van der Waals surface area contributed by atoms with Gasteiger partial charge in [0.05, 0.1) is 28.5 Å². The van der Waals surface area contributed by atoms with E-state index < -0.39 is 46.6 Å². The molecule has 3 aromatic carbocycles. The van der Waals surface area contributed by atoms with Crippen molar-refractivity contribution in [1.29, 1.82) is 0 Å². The van der Waals surface area contributed by atoms with Gasteiger partial charge in [-0.2, -0.15) is 0 Å². The third-order valence-electron chi connectivity index (χ3n) is 7.81. The highest BCUT2D eigenvalue weighted by molar-refractivity contribution is 6.25. The number of para-hydroxylation sites is 1. The first-order chi connectivity index (χ1) is 19.4. The third kappa shape index (κ3) is 3.54. The summed E-state index contributed by atoms with van der Waals surface area (Å²) in [7, 11) is 0. The normalized spacial score (nSPS) is 23.9. The van der Waals surface area contributed by atoms with E-state index in [9.17, 15) is 24.5 Å². The van der Waals surface area contributed by atoms with Crippen LogP contribution < -0.4 is 24.6 Å². The molecular weight excluding hydrogens is 516 g/mol. The van der Waals surface area contributed by atoms with Crippen molar-refractivity contribution >= 4 is 46.5 Å². The van der Waals surface area contributed by atoms with Crippen molar-refractivity contribution in [2.75, 3.05) is 28.3 Å². The number of nitrogens with zero attached hydrogens (tertiary/aromatic N) is 3. The second-order valence-electron chi connectivity index (χ2n) is 9.95. The van der Waals surface area contributed by atoms with E-state index in [0.29, 0.717) is 36.1 Å². The smallest absolute Gasteiger partial charge is 0.269 e. The minimum Gasteiger partial charge on any atom is -0.486 e. The van der Waals surface area contributed by atoms with Gasteiger partial charge in [-0.3, -0.25) is 24.5 Å². The molecule has 7 rings (SSSR count). The molecule has 0 unspecified atom stereocenters. The van der Waals surface area contributed by atoms with E-state index in [2.05, 4.69) is 5.32 Å². The van der Waals surface area contributed by atoms with Gasteiger partial charge < -0.3 is 19.7 Å². The maximum absolute atomic E-state index is 14.0. The van der Waals surface area contributed by atoms with Crippen LogP contribution >= 0.6 is 0 Å². The molecule has 11 heteroatoms. The van der Waals surface area contributed by atoms with E-state index in [4.69, 9.17) is 9.47 Å². The molecule has 40 heavy (non-hydrogen) atoms. The van der Waals surface area contributed by atoms with Crippen molar-refractivity contribution in [3.8, 4) is 11.5 Å². The largest absolute Gasteiger partial charge is 0.486 e. The molecular formula is C29H22N4O7. The molecule has 3 amide bonds. The Morgan fingerprint density at radius 2 is 1.65 bits per heavy atom. The molecule has 200 valence electrons. The van der Waals surface area contributed by atoms with Gasteiger partial charge in [0.15, 0.2) is 11.5 Å². The average Bonchev–Trinajstić information content (AvgIpc) is 3.45. The minimum atomic E-state index is -1.00. The maximum Gasteiger partial charge on any atom is 0.269 e. The molecule has 0 radical (unpaired) electrons. The van der Waals surface area contributed by atoms with Gasteiger partial charge in [0, 0.05) is 29.6 Å². The van der Waals surface area contributed by atoms with E-state index in [1.54, 1.807) is 18.2 Å². The van der Waals surface area contributed by atoms with Gasteiger partial charge in [-0.1, -0.05) is 30.4 Å². The molecule has 4 heterocycles. The van der Waals surface area contributed by atoms with E-state index in [1.807, 2.05) is 41.3 Å². The van der Waals surface area contributed by atoms with Crippen LogP contribution in [0.3, 0.4) is 0 Å². The van der Waals surface area contributed by atoms with Gasteiger partial charge in [0.1, 0.15) is 19.3 Å². The van der Waals surface area contributed by atoms with Crippen LogP contribution in [0.2, 0.25) is 0 Å². The van der Waals surface area contributed by atoms with E-state index >= 15 is 0 Å². The van der Waals surface area contributed by atoms with Crippen LogP contribution in [0.15, 0.2) is 72.8 Å². The number of benzene rings is 3. The van der Waals surface area contributed by atoms with Crippen LogP contribution in [0.5, 0.6) is 11.5 Å². The van der Waals surface area contributed by atoms with E-state index in [1.165, 1.54) is 24.3 Å². The third-order valence-corrected chi connectivity index (χ3v) is 7.81. The maximum atomic E-state index is 14.0. The number of nitrogens with one attached hydrogen (secondary N) is 1. The molecule has 2 fully saturated rings. The van der Waals surface area contributed by atoms with Gasteiger partial charge in [0.2, 0.25) is 17.7 Å². The molecule has 0 saturated carbocycles. The van der Waals surface area contributed by atoms with E-state index in [0.717, 1.165) is 16.2 Å². The number of amides is 3. The van der Waals surface area contributed by atoms with Gasteiger partial charge in [0.25, 0.3) is 5.69 Å². The summed E-state index contributed by atoms with van der Waals surface area (Å²) in [4.78, 5) is 55.4. The van der Waals surface area contributed by atoms with Crippen LogP contribution in [-0.4, -0.2) is 47.9 Å². The zero-order valence-electron chi connectivity index (χ0n) is 20.9. The molecule has 11 nitrogen and oxygen atoms in total. The molecule has 0 aromatic heterocycles. The molecule has 4 atom stereocenters. The zero-order valence-corrected chi connectivity index (χ0v) is 20.9. The first kappa shape index (κ1) is 23.9. The summed E-state index contributed by atoms with van der Waals surface area (Å²) in [5, 5.41) is 13.9. The van der Waals surface area contributed by atoms with Crippen molar-refractivity contribution in [2.24, 2.45) is 11.8 Å². The quantitative estimate of drug-likeness (QED) is 0.304. The lowest BCUT2D eigenvalue weighted by atomic mass is 9.88. The standard InChI is InChI=1S/C29H22N4O7/c34-27(30-17-6-8-18(9-7-17)33(37)38)26-25-24(21-11-5-16-3-1-2-4-20(16)32(21)26)28(35)31(29(25)36)19-10-12-22-23(15-19)40-14-13-39-22/h1-12,15,21,24-26H,13-14H2,(H,30,34)/t21-,24+,25-,26+/m1/s1. The summed E-state index contributed by atoms with van der Waals surface area (Å²) in [5.74, 6) is -2.12. The number of hydrogen-bond donors (Lipinski definition) is 1. The molecule has 0 bridgehead atoms. The monoisotopic (exact) mass is 538 g/mol. The number of non-ortho nitro benzene ring substituents is 1. The number of rotatable bonds is 4. The van der Waals surface area contributed by atoms with Crippen LogP contribution in [0.1, 0.15) is 5.56 Å². The SMILES string of the molecule is O=C(Nc1ccc([N+](=O)[O-])cc1)[C@@H]1[C@@H]2C(=O)N(c3ccc4c(c3)OCCO4)C(=O)[C@H]2[C@H]2C=Cc3ccccc3N21. The van der Waals surface area contributed by atoms with Crippen molar-refractivity contribution in [1.82, 2.24) is 0 Å². The number of imide groups is 1. The molecule has 0 spiro atoms. The molecule has 2 saturated heterocycles. The number of anilines is 3. The van der Waals surface area contributed by atoms with Gasteiger partial charge in [-0.05, 0) is 35.9 Å². The predicted molar refractivity (Wildman–Crippen MR) is 144 cm³/mol. The van der Waals surface area contributed by atoms with Crippen molar-refractivity contribution in [3.63, 3.8) is 0 Å². The van der Waals surface area contributed by atoms with E-state index in [-0.39, 0.29) is 5.69 Å². The number of nitro groups is 1. The molecule has 3 aromatic rings. The number of fused-ring (bicyclic) bond motifs is 6. The Labute approximate surface area is 227 Å². The van der Waals surface area contributed by atoms with Crippen LogP contribution in [-0.2, 0) is 14.4 Å². The highest BCUT2D eigenvalue weighted by Gasteiger charge is 2.64. The Kier molecular flexibility index (Phi) is 5.34. The van der Waals surface area contributed by atoms with Crippen LogP contribution in [0.4, 0.5) is 22.7 Å². The number of carbonyl (C=O) groups is 3. The van der Waals surface area contributed by atoms with Crippen molar-refractivity contribution < 1.29 is 28.8 Å². The van der Waals surface area contributed by atoms with Crippen molar-refractivity contribution in [2.45, 2.75) is 12.1 Å². The lowest BCUT2D eigenvalue weighted by Crippen LogP contribution is -2.50. The number of nitro benzene ring substituents is 1. The highest BCUT2D eigenvalue weighted by atomic mass is 16.6. The van der Waals surface area contributed by atoms with Gasteiger partial charge in [-0.25, -0.2) is 4.90 Å². The Morgan fingerprint density at radius 3 is 2.42 bits per heavy atom. The summed E-state index contributed by atoms with van der Waals surface area (Å²) in [5.41, 5.74) is 2.21. The fourth-order valence-corrected chi connectivity index (χ4v) is 6.12. The average molecular weight is 539 g/mol. The minimum absolute atomic E-state index is 0.110. The Morgan fingerprint density at radius 1 is 0.925 bits per heavy atom. The van der Waals surface area contributed by atoms with Crippen LogP contribution in [0.25, 0.3) is 6.08 Å². The lowest BCUT2D eigenvalue weighted by Gasteiger charge is -2.36. The fourth-order valence-electron chi connectivity index (χ4n) is 6.12. The summed E-state index contributed by atoms with van der Waals surface area (Å²) >= 11 is 0. The first-order valence-electron chi connectivity index (χ1n) is 12.8. The summed E-state index contributed by atoms with van der Waals surface area (Å²) < 4.78 is 11.2. The number of hydrogen-bond acceptors (Lipinski definition) is 8. The van der Waals surface area contributed by atoms with Crippen molar-refractivity contribution in [3.05, 3.63) is 88.5 Å². The lowest BCUT2D eigenvalue weighted by molar-refractivity contribution is -0.384. The Hall–Kier alpha value is -5.19. The Bertz CT molecular complexity index is 1620. The first-order valence-corrected chi connectivity index (χ1v) is 12.8. The van der Waals surface area contributed by atoms with Gasteiger partial charge >= 0.3 is 0 Å². The van der Waals surface area contributed by atoms with Gasteiger partial charge in [-0.15, -0.1) is 0 Å². The number of ether oxygens (including phenoxy) is 2. The zero-order chi connectivity index (χ0) is 27.5.